The molecule has 0 heterocycles. The van der Waals surface area contributed by atoms with Crippen molar-refractivity contribution in [3.05, 3.63) is 5.57 Å². The summed E-state index contributed by atoms with van der Waals surface area (Å²) in [6.07, 6.45) is -0.610. The highest BCUT2D eigenvalue weighted by molar-refractivity contribution is 5.79. The van der Waals surface area contributed by atoms with Gasteiger partial charge in [0.1, 0.15) is 0 Å². The van der Waals surface area contributed by atoms with Gasteiger partial charge in [-0.2, -0.15) is 0 Å². The third-order valence-electron chi connectivity index (χ3n) is 1.93. The van der Waals surface area contributed by atoms with Crippen molar-refractivity contribution in [3.63, 3.8) is 0 Å². The van der Waals surface area contributed by atoms with Crippen LogP contribution < -0.4 is 0 Å². The van der Waals surface area contributed by atoms with Crippen LogP contribution in [0.4, 0.5) is 4.79 Å². The summed E-state index contributed by atoms with van der Waals surface area (Å²) in [6.45, 7) is 12.5. The normalized spacial score (nSPS) is 11.7. The van der Waals surface area contributed by atoms with Gasteiger partial charge in [0.15, 0.2) is 0 Å². The van der Waals surface area contributed by atoms with Gasteiger partial charge in [-0.3, -0.25) is 0 Å². The molecule has 0 aromatic heterocycles. The van der Waals surface area contributed by atoms with E-state index in [2.05, 4.69) is 57.1 Å². The summed E-state index contributed by atoms with van der Waals surface area (Å²) in [5.74, 6) is 2.82. The van der Waals surface area contributed by atoms with Crippen LogP contribution in [-0.4, -0.2) is 19.1 Å². The monoisotopic (exact) mass is 211 g/mol. The molecule has 1 amide bonds. The lowest BCUT2D eigenvalue weighted by atomic mass is 9.73. The molecule has 0 aromatic carbocycles. The van der Waals surface area contributed by atoms with E-state index < -0.39 is 6.09 Å². The minimum Gasteiger partial charge on any atom is -0.451 e. The van der Waals surface area contributed by atoms with Gasteiger partial charge in [0.25, 0.3) is 0 Å². The highest BCUT2D eigenvalue weighted by atomic mass is 16.5. The van der Waals surface area contributed by atoms with Gasteiger partial charge in [0.05, 0.1) is 7.11 Å². The summed E-state index contributed by atoms with van der Waals surface area (Å²) in [5, 5.41) is 0. The molecule has 0 aliphatic rings. The number of methoxy groups -OCH3 is 1. The quantitative estimate of drug-likeness (QED) is 0.576. The molecule has 0 rings (SSSR count). The SMILES string of the molecule is COC(=O)N=C=C(C(C)(C)C)C(C)(C)C. The van der Waals surface area contributed by atoms with Crippen molar-refractivity contribution in [1.29, 1.82) is 0 Å². The van der Waals surface area contributed by atoms with E-state index in [1.54, 1.807) is 0 Å². The zero-order valence-corrected chi connectivity index (χ0v) is 10.8. The van der Waals surface area contributed by atoms with Gasteiger partial charge in [-0.15, -0.1) is 4.99 Å². The first-order chi connectivity index (χ1) is 6.59. The maximum absolute atomic E-state index is 10.9. The maximum Gasteiger partial charge on any atom is 0.441 e. The van der Waals surface area contributed by atoms with E-state index >= 15 is 0 Å². The molecule has 0 N–H and O–H groups in total. The molecule has 0 radical (unpaired) electrons. The number of aliphatic imine (C=N–C) groups is 1. The van der Waals surface area contributed by atoms with Gasteiger partial charge in [-0.25, -0.2) is 4.79 Å². The van der Waals surface area contributed by atoms with Crippen LogP contribution in [-0.2, 0) is 4.74 Å². The molecule has 0 saturated carbocycles. The number of rotatable bonds is 0. The zero-order valence-electron chi connectivity index (χ0n) is 10.8. The van der Waals surface area contributed by atoms with E-state index in [0.29, 0.717) is 0 Å². The smallest absolute Gasteiger partial charge is 0.441 e. The van der Waals surface area contributed by atoms with Crippen LogP contribution in [0.2, 0.25) is 0 Å². The van der Waals surface area contributed by atoms with E-state index in [9.17, 15) is 4.79 Å². The van der Waals surface area contributed by atoms with Crippen LogP contribution in [0.25, 0.3) is 0 Å². The Kier molecular flexibility index (Phi) is 4.29. The molecule has 86 valence electrons. The molecule has 0 aromatic rings. The molecular weight excluding hydrogens is 190 g/mol. The second-order valence-electron chi connectivity index (χ2n) is 5.57. The number of hydrogen-bond donors (Lipinski definition) is 0. The number of amides is 1. The molecular formula is C12H21NO2. The number of nitrogens with zero attached hydrogens (tertiary/aromatic N) is 1. The Hall–Kier alpha value is -1.08. The van der Waals surface area contributed by atoms with Gasteiger partial charge < -0.3 is 4.74 Å². The van der Waals surface area contributed by atoms with Gasteiger partial charge in [-0.1, -0.05) is 41.5 Å². The lowest BCUT2D eigenvalue weighted by Gasteiger charge is -2.31. The molecule has 0 saturated heterocycles. The second-order valence-corrected chi connectivity index (χ2v) is 5.57. The molecule has 3 nitrogen and oxygen atoms in total. The van der Waals surface area contributed by atoms with Crippen LogP contribution in [0.5, 0.6) is 0 Å². The van der Waals surface area contributed by atoms with E-state index in [0.717, 1.165) is 5.57 Å². The van der Waals surface area contributed by atoms with Crippen molar-refractivity contribution in [3.8, 4) is 0 Å². The molecule has 0 aliphatic carbocycles. The third-order valence-corrected chi connectivity index (χ3v) is 1.93. The second kappa shape index (κ2) is 4.63. The number of carbonyl (C=O) groups is 1. The van der Waals surface area contributed by atoms with Crippen molar-refractivity contribution in [2.24, 2.45) is 15.8 Å². The number of carbonyl (C=O) groups excluding carboxylic acids is 1. The molecule has 0 unspecified atom stereocenters. The van der Waals surface area contributed by atoms with Crippen molar-refractivity contribution in [2.45, 2.75) is 41.5 Å². The van der Waals surface area contributed by atoms with Gasteiger partial charge in [-0.05, 0) is 16.7 Å². The molecule has 0 spiro atoms. The van der Waals surface area contributed by atoms with Crippen molar-refractivity contribution in [1.82, 2.24) is 0 Å². The highest BCUT2D eigenvalue weighted by Crippen LogP contribution is 2.37. The lowest BCUT2D eigenvalue weighted by Crippen LogP contribution is -2.23. The highest BCUT2D eigenvalue weighted by Gasteiger charge is 2.28. The summed E-state index contributed by atoms with van der Waals surface area (Å²) < 4.78 is 4.44. The molecule has 0 atom stereocenters. The predicted molar refractivity (Wildman–Crippen MR) is 62.3 cm³/mol. The van der Waals surface area contributed by atoms with Gasteiger partial charge in [0.2, 0.25) is 0 Å². The fraction of sp³-hybridized carbons (Fsp3) is 0.750. The Bertz CT molecular complexity index is 281. The van der Waals surface area contributed by atoms with E-state index in [1.165, 1.54) is 7.11 Å². The first-order valence-electron chi connectivity index (χ1n) is 5.01. The average molecular weight is 211 g/mol. The first kappa shape index (κ1) is 13.9. The van der Waals surface area contributed by atoms with E-state index in [-0.39, 0.29) is 10.8 Å². The molecule has 0 aliphatic heterocycles. The molecule has 0 fully saturated rings. The summed E-state index contributed by atoms with van der Waals surface area (Å²) in [4.78, 5) is 14.5. The first-order valence-corrected chi connectivity index (χ1v) is 5.01. The Morgan fingerprint density at radius 1 is 1.07 bits per heavy atom. The minimum absolute atomic E-state index is 0.0598. The van der Waals surface area contributed by atoms with E-state index in [1.807, 2.05) is 0 Å². The summed E-state index contributed by atoms with van der Waals surface area (Å²) in [5.41, 5.74) is 0.881. The third kappa shape index (κ3) is 4.80. The van der Waals surface area contributed by atoms with Crippen LogP contribution in [0.1, 0.15) is 41.5 Å². The topological polar surface area (TPSA) is 38.7 Å². The Labute approximate surface area is 92.2 Å². The van der Waals surface area contributed by atoms with Crippen LogP contribution in [0, 0.1) is 10.8 Å². The standard InChI is InChI=1S/C12H21NO2/c1-11(2,3)9(12(4,5)6)8-13-10(14)15-7/h1-7H3. The fourth-order valence-corrected chi connectivity index (χ4v) is 1.61. The summed E-state index contributed by atoms with van der Waals surface area (Å²) >= 11 is 0. The number of hydrogen-bond acceptors (Lipinski definition) is 2. The lowest BCUT2D eigenvalue weighted by molar-refractivity contribution is 0.183. The minimum atomic E-state index is -0.610. The molecule has 0 bridgehead atoms. The van der Waals surface area contributed by atoms with E-state index in [4.69, 9.17) is 0 Å². The molecule has 3 heteroatoms. The maximum atomic E-state index is 10.9. The number of ether oxygens (including phenoxy) is 1. The van der Waals surface area contributed by atoms with Gasteiger partial charge in [0, 0.05) is 5.57 Å². The van der Waals surface area contributed by atoms with Crippen molar-refractivity contribution in [2.75, 3.05) is 7.11 Å². The van der Waals surface area contributed by atoms with Crippen LogP contribution in [0.3, 0.4) is 0 Å². The average Bonchev–Trinajstić information content (AvgIpc) is 1.99. The van der Waals surface area contributed by atoms with Crippen LogP contribution >= 0.6 is 0 Å². The Morgan fingerprint density at radius 2 is 1.47 bits per heavy atom. The summed E-state index contributed by atoms with van der Waals surface area (Å²) in [6, 6.07) is 0. The van der Waals surface area contributed by atoms with Crippen molar-refractivity contribution >= 4 is 12.0 Å². The van der Waals surface area contributed by atoms with Gasteiger partial charge >= 0.3 is 6.09 Å². The zero-order chi connectivity index (χ0) is 12.3. The largest absolute Gasteiger partial charge is 0.451 e. The number of allylic oxidation sites excluding steroid dienone is 1. The van der Waals surface area contributed by atoms with Crippen LogP contribution in [0.15, 0.2) is 10.6 Å². The Morgan fingerprint density at radius 3 is 1.73 bits per heavy atom. The predicted octanol–water partition coefficient (Wildman–Crippen LogP) is 3.44. The molecule has 15 heavy (non-hydrogen) atoms. The Balaban J connectivity index is 5.33. The summed E-state index contributed by atoms with van der Waals surface area (Å²) in [7, 11) is 1.31. The fourth-order valence-electron chi connectivity index (χ4n) is 1.61. The van der Waals surface area contributed by atoms with Crippen molar-refractivity contribution < 1.29 is 9.53 Å².